The van der Waals surface area contributed by atoms with Crippen molar-refractivity contribution in [2.75, 3.05) is 18.1 Å². The second-order valence-electron chi connectivity index (χ2n) is 5.23. The number of aromatic nitrogens is 1. The average Bonchev–Trinajstić information content (AvgIpc) is 2.89. The third kappa shape index (κ3) is 2.41. The van der Waals surface area contributed by atoms with Crippen molar-refractivity contribution in [3.05, 3.63) is 10.6 Å². The third-order valence-electron chi connectivity index (χ3n) is 4.14. The molecular formula is C14H20N2O2S. The van der Waals surface area contributed by atoms with E-state index < -0.39 is 0 Å². The normalized spacial score (nSPS) is 27.1. The van der Waals surface area contributed by atoms with Gasteiger partial charge in [-0.05, 0) is 19.3 Å². The number of rotatable bonds is 3. The predicted octanol–water partition coefficient (Wildman–Crippen LogP) is 2.67. The van der Waals surface area contributed by atoms with Crippen molar-refractivity contribution in [2.24, 2.45) is 0 Å². The molecule has 0 aromatic carbocycles. The van der Waals surface area contributed by atoms with Gasteiger partial charge in [0.15, 0.2) is 11.4 Å². The van der Waals surface area contributed by atoms with Gasteiger partial charge < -0.3 is 9.64 Å². The summed E-state index contributed by atoms with van der Waals surface area (Å²) in [6, 6.07) is 0.456. The number of hydrogen-bond acceptors (Lipinski definition) is 5. The maximum atomic E-state index is 11.1. The Kier molecular flexibility index (Phi) is 3.84. The molecule has 2 heterocycles. The zero-order chi connectivity index (χ0) is 13.2. The molecule has 0 amide bonds. The number of carbonyl (C=O) groups is 1. The lowest BCUT2D eigenvalue weighted by atomic mass is 9.90. The van der Waals surface area contributed by atoms with Gasteiger partial charge in [0.05, 0.1) is 29.3 Å². The summed E-state index contributed by atoms with van der Waals surface area (Å²) in [6.45, 7) is 3.73. The number of morpholine rings is 1. The van der Waals surface area contributed by atoms with Gasteiger partial charge in [0.1, 0.15) is 0 Å². The molecule has 1 aromatic heterocycles. The molecule has 5 heteroatoms. The number of carbonyl (C=O) groups excluding carboxylic acids is 1. The van der Waals surface area contributed by atoms with E-state index in [0.29, 0.717) is 12.1 Å². The molecule has 2 unspecified atom stereocenters. The van der Waals surface area contributed by atoms with Crippen LogP contribution in [-0.2, 0) is 11.2 Å². The van der Waals surface area contributed by atoms with E-state index in [0.717, 1.165) is 48.0 Å². The van der Waals surface area contributed by atoms with Gasteiger partial charge in [-0.2, -0.15) is 0 Å². The highest BCUT2D eigenvalue weighted by Crippen LogP contribution is 2.34. The van der Waals surface area contributed by atoms with Crippen molar-refractivity contribution < 1.29 is 9.53 Å². The number of aryl methyl sites for hydroxylation is 1. The molecule has 104 valence electrons. The zero-order valence-electron chi connectivity index (χ0n) is 11.3. The fourth-order valence-electron chi connectivity index (χ4n) is 3.15. The van der Waals surface area contributed by atoms with Gasteiger partial charge in [0.2, 0.25) is 0 Å². The smallest absolute Gasteiger partial charge is 0.186 e. The highest BCUT2D eigenvalue weighted by atomic mass is 32.1. The van der Waals surface area contributed by atoms with Gasteiger partial charge in [-0.25, -0.2) is 4.98 Å². The first-order valence-corrected chi connectivity index (χ1v) is 7.98. The van der Waals surface area contributed by atoms with Gasteiger partial charge in [-0.3, -0.25) is 4.79 Å². The largest absolute Gasteiger partial charge is 0.374 e. The van der Waals surface area contributed by atoms with Gasteiger partial charge in [-0.15, -0.1) is 0 Å². The maximum Gasteiger partial charge on any atom is 0.186 e. The lowest BCUT2D eigenvalue weighted by Crippen LogP contribution is -2.52. The summed E-state index contributed by atoms with van der Waals surface area (Å²) in [5, 5.41) is 1.01. The minimum atomic E-state index is 0.358. The number of hydrogen-bond donors (Lipinski definition) is 0. The van der Waals surface area contributed by atoms with Crippen molar-refractivity contribution in [1.82, 2.24) is 4.98 Å². The van der Waals surface area contributed by atoms with E-state index in [4.69, 9.17) is 4.74 Å². The van der Waals surface area contributed by atoms with Crippen molar-refractivity contribution in [1.29, 1.82) is 0 Å². The summed E-state index contributed by atoms with van der Waals surface area (Å²) >= 11 is 1.54. The zero-order valence-corrected chi connectivity index (χ0v) is 12.1. The Hall–Kier alpha value is -0.940. The van der Waals surface area contributed by atoms with Crippen molar-refractivity contribution in [2.45, 2.75) is 51.2 Å². The van der Waals surface area contributed by atoms with Gasteiger partial charge in [0.25, 0.3) is 0 Å². The first-order chi connectivity index (χ1) is 9.33. The van der Waals surface area contributed by atoms with Crippen LogP contribution in [0.3, 0.4) is 0 Å². The SMILES string of the molecule is CCc1nc(N2CCOC3CCCCC32)sc1C=O. The first kappa shape index (κ1) is 13.1. The van der Waals surface area contributed by atoms with Gasteiger partial charge >= 0.3 is 0 Å². The Labute approximate surface area is 117 Å². The summed E-state index contributed by atoms with van der Waals surface area (Å²) < 4.78 is 5.89. The summed E-state index contributed by atoms with van der Waals surface area (Å²) in [6.07, 6.45) is 7.01. The molecule has 0 bridgehead atoms. The Bertz CT molecular complexity index is 458. The van der Waals surface area contributed by atoms with Crippen molar-refractivity contribution in [3.8, 4) is 0 Å². The molecule has 1 saturated carbocycles. The summed E-state index contributed by atoms with van der Waals surface area (Å²) in [4.78, 5) is 18.9. The number of thiazole rings is 1. The number of anilines is 1. The Morgan fingerprint density at radius 3 is 3.05 bits per heavy atom. The fourth-order valence-corrected chi connectivity index (χ4v) is 4.21. The van der Waals surface area contributed by atoms with E-state index in [1.807, 2.05) is 0 Å². The van der Waals surface area contributed by atoms with E-state index in [9.17, 15) is 4.79 Å². The first-order valence-electron chi connectivity index (χ1n) is 7.16. The lowest BCUT2D eigenvalue weighted by molar-refractivity contribution is -0.00869. The van der Waals surface area contributed by atoms with Crippen LogP contribution in [-0.4, -0.2) is 36.6 Å². The van der Waals surface area contributed by atoms with E-state index in [1.54, 1.807) is 0 Å². The molecule has 4 nitrogen and oxygen atoms in total. The molecule has 0 spiro atoms. The molecule has 1 aliphatic carbocycles. The predicted molar refractivity (Wildman–Crippen MR) is 76.2 cm³/mol. The molecular weight excluding hydrogens is 260 g/mol. The highest BCUT2D eigenvalue weighted by Gasteiger charge is 2.35. The quantitative estimate of drug-likeness (QED) is 0.798. The second-order valence-corrected chi connectivity index (χ2v) is 6.24. The van der Waals surface area contributed by atoms with Crippen LogP contribution in [0.25, 0.3) is 0 Å². The van der Waals surface area contributed by atoms with Crippen molar-refractivity contribution in [3.63, 3.8) is 0 Å². The molecule has 3 rings (SSSR count). The van der Waals surface area contributed by atoms with Crippen molar-refractivity contribution >= 4 is 22.8 Å². The van der Waals surface area contributed by atoms with E-state index in [-0.39, 0.29) is 0 Å². The summed E-state index contributed by atoms with van der Waals surface area (Å²) in [5.74, 6) is 0. The molecule has 2 fully saturated rings. The number of fused-ring (bicyclic) bond motifs is 1. The fraction of sp³-hybridized carbons (Fsp3) is 0.714. The Morgan fingerprint density at radius 2 is 2.32 bits per heavy atom. The third-order valence-corrected chi connectivity index (χ3v) is 5.20. The molecule has 19 heavy (non-hydrogen) atoms. The van der Waals surface area contributed by atoms with E-state index >= 15 is 0 Å². The van der Waals surface area contributed by atoms with Crippen LogP contribution in [0.5, 0.6) is 0 Å². The molecule has 2 atom stereocenters. The number of ether oxygens (including phenoxy) is 1. The van der Waals surface area contributed by atoms with Crippen LogP contribution in [0.1, 0.15) is 48.0 Å². The Balaban J connectivity index is 1.87. The van der Waals surface area contributed by atoms with Gasteiger partial charge in [0, 0.05) is 6.54 Å². The minimum Gasteiger partial charge on any atom is -0.374 e. The summed E-state index contributed by atoms with van der Waals surface area (Å²) in [7, 11) is 0. The summed E-state index contributed by atoms with van der Waals surface area (Å²) in [5.41, 5.74) is 0.939. The second kappa shape index (κ2) is 5.59. The minimum absolute atomic E-state index is 0.358. The van der Waals surface area contributed by atoms with Crippen LogP contribution in [0.15, 0.2) is 0 Å². The molecule has 1 saturated heterocycles. The highest BCUT2D eigenvalue weighted by molar-refractivity contribution is 7.17. The van der Waals surface area contributed by atoms with E-state index in [2.05, 4.69) is 16.8 Å². The lowest BCUT2D eigenvalue weighted by Gasteiger charge is -2.43. The van der Waals surface area contributed by atoms with Gasteiger partial charge in [-0.1, -0.05) is 31.1 Å². The number of nitrogens with zero attached hydrogens (tertiary/aromatic N) is 2. The Morgan fingerprint density at radius 1 is 1.47 bits per heavy atom. The maximum absolute atomic E-state index is 11.1. The number of aldehydes is 1. The topological polar surface area (TPSA) is 42.4 Å². The molecule has 1 aromatic rings. The average molecular weight is 280 g/mol. The van der Waals surface area contributed by atoms with Crippen LogP contribution in [0, 0.1) is 0 Å². The monoisotopic (exact) mass is 280 g/mol. The van der Waals surface area contributed by atoms with Crippen LogP contribution >= 0.6 is 11.3 Å². The standard InChI is InChI=1S/C14H20N2O2S/c1-2-10-13(9-17)19-14(15-10)16-7-8-18-12-6-4-3-5-11(12)16/h9,11-12H,2-8H2,1H3. The van der Waals surface area contributed by atoms with E-state index in [1.165, 1.54) is 30.6 Å². The molecule has 0 N–H and O–H groups in total. The van der Waals surface area contributed by atoms with Crippen LogP contribution in [0.2, 0.25) is 0 Å². The molecule has 0 radical (unpaired) electrons. The molecule has 1 aliphatic heterocycles. The van der Waals surface area contributed by atoms with Crippen LogP contribution in [0.4, 0.5) is 5.13 Å². The van der Waals surface area contributed by atoms with Crippen LogP contribution < -0.4 is 4.90 Å². The molecule has 2 aliphatic rings.